The zero-order chi connectivity index (χ0) is 23.4. The van der Waals surface area contributed by atoms with E-state index in [0.717, 1.165) is 55.5 Å². The van der Waals surface area contributed by atoms with Crippen molar-refractivity contribution >= 4 is 17.3 Å². The Kier molecular flexibility index (Phi) is 7.27. The van der Waals surface area contributed by atoms with Crippen LogP contribution in [0.4, 0.5) is 11.6 Å². The minimum atomic E-state index is 0.287. The third kappa shape index (κ3) is 5.52. The maximum atomic E-state index is 6.10. The highest BCUT2D eigenvalue weighted by Crippen LogP contribution is 2.26. The summed E-state index contributed by atoms with van der Waals surface area (Å²) in [4.78, 5) is 18.2. The molecule has 9 nitrogen and oxygen atoms in total. The molecular formula is C24H36N8O. The fraction of sp³-hybridized carbons (Fsp3) is 0.583. The molecule has 0 radical (unpaired) electrons. The summed E-state index contributed by atoms with van der Waals surface area (Å²) in [6.07, 6.45) is 8.85. The lowest BCUT2D eigenvalue weighted by atomic mass is 9.96. The molecule has 33 heavy (non-hydrogen) atoms. The van der Waals surface area contributed by atoms with Crippen LogP contribution >= 0.6 is 0 Å². The Morgan fingerprint density at radius 3 is 2.67 bits per heavy atom. The van der Waals surface area contributed by atoms with Gasteiger partial charge in [0.25, 0.3) is 0 Å². The standard InChI is InChI=1S/C24H36N8O/c1-5-6-11-33-24-28-21(25)23-27-15-20(32(23)29-24)13-19-12-17(2)22(26-14-19)31-9-7-18(8-10-31)16-30(3)4/h12,14-15,18H,5-11,13,16H2,1-4H3,(H2,25,28,29). The first-order chi connectivity index (χ1) is 15.9. The SMILES string of the molecule is CCCCOc1nc(N)c2ncc(Cc3cnc(N4CCC(CN(C)C)CC4)c(C)c3)n2n1. The van der Waals surface area contributed by atoms with Gasteiger partial charge in [0.15, 0.2) is 11.5 Å². The number of hydrogen-bond acceptors (Lipinski definition) is 8. The molecule has 9 heteroatoms. The van der Waals surface area contributed by atoms with Gasteiger partial charge in [0.1, 0.15) is 5.82 Å². The molecule has 4 rings (SSSR count). The Hall–Kier alpha value is -2.94. The van der Waals surface area contributed by atoms with Gasteiger partial charge in [-0.25, -0.2) is 14.5 Å². The van der Waals surface area contributed by atoms with Crippen molar-refractivity contribution in [1.82, 2.24) is 29.5 Å². The van der Waals surface area contributed by atoms with Crippen molar-refractivity contribution in [3.05, 3.63) is 35.3 Å². The second-order valence-electron chi connectivity index (χ2n) is 9.32. The highest BCUT2D eigenvalue weighted by molar-refractivity contribution is 5.60. The lowest BCUT2D eigenvalue weighted by Gasteiger charge is -2.34. The van der Waals surface area contributed by atoms with Crippen molar-refractivity contribution in [1.29, 1.82) is 0 Å². The topological polar surface area (TPSA) is 97.7 Å². The van der Waals surface area contributed by atoms with E-state index in [9.17, 15) is 0 Å². The average molecular weight is 453 g/mol. The minimum absolute atomic E-state index is 0.287. The fourth-order valence-electron chi connectivity index (χ4n) is 4.52. The number of imidazole rings is 1. The van der Waals surface area contributed by atoms with Gasteiger partial charge in [-0.2, -0.15) is 4.98 Å². The Morgan fingerprint density at radius 2 is 1.97 bits per heavy atom. The molecule has 0 saturated carbocycles. The van der Waals surface area contributed by atoms with Crippen LogP contribution < -0.4 is 15.4 Å². The molecule has 0 bridgehead atoms. The van der Waals surface area contributed by atoms with Crippen LogP contribution in [0.2, 0.25) is 0 Å². The molecule has 0 atom stereocenters. The van der Waals surface area contributed by atoms with Crippen LogP contribution in [0.25, 0.3) is 5.65 Å². The zero-order valence-corrected chi connectivity index (χ0v) is 20.3. The number of unbranched alkanes of at least 4 members (excludes halogenated alkanes) is 1. The molecule has 3 aromatic heterocycles. The Bertz CT molecular complexity index is 1070. The summed E-state index contributed by atoms with van der Waals surface area (Å²) >= 11 is 0. The number of ether oxygens (including phenoxy) is 1. The summed E-state index contributed by atoms with van der Waals surface area (Å²) in [5.74, 6) is 2.19. The first-order valence-electron chi connectivity index (χ1n) is 11.9. The molecular weight excluding hydrogens is 416 g/mol. The molecule has 1 fully saturated rings. The van der Waals surface area contributed by atoms with Gasteiger partial charge >= 0.3 is 6.01 Å². The summed E-state index contributed by atoms with van der Waals surface area (Å²) in [7, 11) is 4.31. The lowest BCUT2D eigenvalue weighted by Crippen LogP contribution is -2.37. The minimum Gasteiger partial charge on any atom is -0.462 e. The van der Waals surface area contributed by atoms with Crippen molar-refractivity contribution < 1.29 is 4.74 Å². The molecule has 4 heterocycles. The average Bonchev–Trinajstić information content (AvgIpc) is 3.18. The third-order valence-electron chi connectivity index (χ3n) is 6.20. The van der Waals surface area contributed by atoms with Gasteiger partial charge in [-0.15, -0.1) is 5.10 Å². The van der Waals surface area contributed by atoms with Crippen LogP contribution in [0.1, 0.15) is 49.4 Å². The molecule has 3 aromatic rings. The molecule has 0 amide bonds. The van der Waals surface area contributed by atoms with Gasteiger partial charge in [0, 0.05) is 32.3 Å². The monoisotopic (exact) mass is 452 g/mol. The van der Waals surface area contributed by atoms with Crippen molar-refractivity contribution in [3.8, 4) is 6.01 Å². The number of pyridine rings is 1. The van der Waals surface area contributed by atoms with E-state index in [1.165, 1.54) is 18.4 Å². The quantitative estimate of drug-likeness (QED) is 0.495. The summed E-state index contributed by atoms with van der Waals surface area (Å²) < 4.78 is 7.41. The number of aromatic nitrogens is 5. The summed E-state index contributed by atoms with van der Waals surface area (Å²) in [5.41, 5.74) is 9.89. The number of nitrogen functional groups attached to an aromatic ring is 1. The summed E-state index contributed by atoms with van der Waals surface area (Å²) in [6.45, 7) is 8.13. The normalized spacial score (nSPS) is 15.0. The van der Waals surface area contributed by atoms with E-state index in [2.05, 4.69) is 58.9 Å². The highest BCUT2D eigenvalue weighted by atomic mass is 16.5. The number of hydrogen-bond donors (Lipinski definition) is 1. The number of nitrogens with two attached hydrogens (primary N) is 1. The summed E-state index contributed by atoms with van der Waals surface area (Å²) in [6, 6.07) is 2.51. The first-order valence-corrected chi connectivity index (χ1v) is 11.9. The Labute approximate surface area is 196 Å². The molecule has 2 N–H and O–H groups in total. The van der Waals surface area contributed by atoms with Crippen LogP contribution in [0.3, 0.4) is 0 Å². The molecule has 0 spiro atoms. The molecule has 1 aliphatic rings. The van der Waals surface area contributed by atoms with Crippen LogP contribution in [0, 0.1) is 12.8 Å². The van der Waals surface area contributed by atoms with E-state index in [4.69, 9.17) is 15.5 Å². The third-order valence-corrected chi connectivity index (χ3v) is 6.20. The maximum Gasteiger partial charge on any atom is 0.336 e. The van der Waals surface area contributed by atoms with E-state index >= 15 is 0 Å². The van der Waals surface area contributed by atoms with E-state index in [0.29, 0.717) is 24.5 Å². The van der Waals surface area contributed by atoms with Gasteiger partial charge in [-0.05, 0) is 57.3 Å². The molecule has 1 aliphatic heterocycles. The highest BCUT2D eigenvalue weighted by Gasteiger charge is 2.22. The van der Waals surface area contributed by atoms with E-state index in [1.54, 1.807) is 10.7 Å². The molecule has 178 valence electrons. The lowest BCUT2D eigenvalue weighted by molar-refractivity contribution is 0.280. The van der Waals surface area contributed by atoms with E-state index in [-0.39, 0.29) is 6.01 Å². The van der Waals surface area contributed by atoms with Gasteiger partial charge in [0.05, 0.1) is 18.5 Å². The van der Waals surface area contributed by atoms with Crippen LogP contribution in [0.5, 0.6) is 6.01 Å². The van der Waals surface area contributed by atoms with Crippen LogP contribution in [0.15, 0.2) is 18.5 Å². The predicted molar refractivity (Wildman–Crippen MR) is 131 cm³/mol. The predicted octanol–water partition coefficient (Wildman–Crippen LogP) is 2.96. The van der Waals surface area contributed by atoms with Gasteiger partial charge in [-0.1, -0.05) is 19.4 Å². The Morgan fingerprint density at radius 1 is 1.18 bits per heavy atom. The second-order valence-corrected chi connectivity index (χ2v) is 9.32. The van der Waals surface area contributed by atoms with Gasteiger partial charge < -0.3 is 20.3 Å². The summed E-state index contributed by atoms with van der Waals surface area (Å²) in [5, 5.41) is 4.51. The van der Waals surface area contributed by atoms with Crippen LogP contribution in [-0.4, -0.2) is 69.8 Å². The fourth-order valence-corrected chi connectivity index (χ4v) is 4.52. The second kappa shape index (κ2) is 10.3. The molecule has 0 unspecified atom stereocenters. The Balaban J connectivity index is 1.47. The maximum absolute atomic E-state index is 6.10. The van der Waals surface area contributed by atoms with Crippen molar-refractivity contribution in [2.75, 3.05) is 51.0 Å². The number of piperidine rings is 1. The number of aryl methyl sites for hydroxylation is 1. The number of nitrogens with zero attached hydrogens (tertiary/aromatic N) is 7. The number of anilines is 2. The molecule has 1 saturated heterocycles. The van der Waals surface area contributed by atoms with Crippen LogP contribution in [-0.2, 0) is 6.42 Å². The zero-order valence-electron chi connectivity index (χ0n) is 20.3. The van der Waals surface area contributed by atoms with Gasteiger partial charge in [-0.3, -0.25) is 0 Å². The van der Waals surface area contributed by atoms with Crippen molar-refractivity contribution in [2.45, 2.75) is 46.0 Å². The molecule has 0 aromatic carbocycles. The van der Waals surface area contributed by atoms with Crippen molar-refractivity contribution in [2.24, 2.45) is 5.92 Å². The van der Waals surface area contributed by atoms with Gasteiger partial charge in [0.2, 0.25) is 0 Å². The smallest absolute Gasteiger partial charge is 0.336 e. The largest absolute Gasteiger partial charge is 0.462 e. The van der Waals surface area contributed by atoms with E-state index in [1.807, 2.05) is 6.20 Å². The van der Waals surface area contributed by atoms with Crippen molar-refractivity contribution in [3.63, 3.8) is 0 Å². The first kappa shape index (κ1) is 23.2. The molecule has 0 aliphatic carbocycles. The number of rotatable bonds is 9. The number of fused-ring (bicyclic) bond motifs is 1. The van der Waals surface area contributed by atoms with E-state index < -0.39 is 0 Å².